The van der Waals surface area contributed by atoms with E-state index in [1.54, 1.807) is 11.8 Å². The summed E-state index contributed by atoms with van der Waals surface area (Å²) in [5, 5.41) is 0. The number of ether oxygens (including phenoxy) is 4. The molecule has 0 N–H and O–H groups in total. The van der Waals surface area contributed by atoms with E-state index in [9.17, 15) is 0 Å². The maximum atomic E-state index is 5.90. The summed E-state index contributed by atoms with van der Waals surface area (Å²) in [7, 11) is 0. The lowest BCUT2D eigenvalue weighted by Crippen LogP contribution is -2.44. The van der Waals surface area contributed by atoms with Gasteiger partial charge in [0.25, 0.3) is 0 Å². The Kier molecular flexibility index (Phi) is 5.36. The Hall–Kier alpha value is -1.41. The molecular formula is C18H21NO4S2. The molecule has 1 saturated heterocycles. The van der Waals surface area contributed by atoms with Crippen LogP contribution in [-0.4, -0.2) is 50.4 Å². The van der Waals surface area contributed by atoms with Crippen LogP contribution < -0.4 is 14.2 Å². The van der Waals surface area contributed by atoms with E-state index in [4.69, 9.17) is 18.9 Å². The zero-order chi connectivity index (χ0) is 17.1. The standard InChI is InChI=1S/C18H21NO4S2/c1-24-18-5-3-15(25-18)10-19-6-7-20-14(9-19)11-21-13-2-4-16-17(8-13)23-12-22-16/h2-5,8,14H,6-7,9-12H2,1H3. The van der Waals surface area contributed by atoms with Crippen LogP contribution >= 0.6 is 23.1 Å². The van der Waals surface area contributed by atoms with Gasteiger partial charge in [0.2, 0.25) is 6.79 Å². The maximum absolute atomic E-state index is 5.90. The summed E-state index contributed by atoms with van der Waals surface area (Å²) in [6.07, 6.45) is 2.20. The largest absolute Gasteiger partial charge is 0.491 e. The number of hydrogen-bond donors (Lipinski definition) is 0. The van der Waals surface area contributed by atoms with Crippen LogP contribution in [0.3, 0.4) is 0 Å². The summed E-state index contributed by atoms with van der Waals surface area (Å²) in [4.78, 5) is 3.84. The van der Waals surface area contributed by atoms with E-state index in [-0.39, 0.29) is 12.9 Å². The molecule has 7 heteroatoms. The number of rotatable bonds is 6. The average molecular weight is 380 g/mol. The zero-order valence-corrected chi connectivity index (χ0v) is 15.7. The van der Waals surface area contributed by atoms with Crippen LogP contribution in [-0.2, 0) is 11.3 Å². The predicted molar refractivity (Wildman–Crippen MR) is 99.2 cm³/mol. The molecule has 2 aromatic rings. The molecule has 0 aliphatic carbocycles. The average Bonchev–Trinajstić information content (AvgIpc) is 3.28. The van der Waals surface area contributed by atoms with Gasteiger partial charge in [-0.3, -0.25) is 4.90 Å². The van der Waals surface area contributed by atoms with Gasteiger partial charge in [0, 0.05) is 30.6 Å². The first kappa shape index (κ1) is 17.0. The molecule has 1 atom stereocenters. The Balaban J connectivity index is 1.29. The molecule has 1 aromatic heterocycles. The Bertz CT molecular complexity index is 721. The van der Waals surface area contributed by atoms with E-state index in [1.165, 1.54) is 9.09 Å². The molecule has 2 aliphatic heterocycles. The number of thioether (sulfide) groups is 1. The second kappa shape index (κ2) is 7.86. The number of nitrogens with zero attached hydrogens (tertiary/aromatic N) is 1. The van der Waals surface area contributed by atoms with Crippen molar-refractivity contribution in [2.45, 2.75) is 16.9 Å². The number of fused-ring (bicyclic) bond motifs is 1. The summed E-state index contributed by atoms with van der Waals surface area (Å²) in [6, 6.07) is 10.1. The summed E-state index contributed by atoms with van der Waals surface area (Å²) < 4.78 is 23.8. The van der Waals surface area contributed by atoms with E-state index in [2.05, 4.69) is 23.3 Å². The predicted octanol–water partition coefficient (Wildman–Crippen LogP) is 3.48. The lowest BCUT2D eigenvalue weighted by molar-refractivity contribution is -0.0501. The van der Waals surface area contributed by atoms with Crippen molar-refractivity contribution in [1.82, 2.24) is 4.90 Å². The fraction of sp³-hybridized carbons (Fsp3) is 0.444. The molecule has 0 saturated carbocycles. The fourth-order valence-corrected chi connectivity index (χ4v) is 4.59. The van der Waals surface area contributed by atoms with Crippen LogP contribution in [0.2, 0.25) is 0 Å². The van der Waals surface area contributed by atoms with Gasteiger partial charge in [-0.2, -0.15) is 0 Å². The molecule has 1 aromatic carbocycles. The first-order valence-electron chi connectivity index (χ1n) is 8.29. The summed E-state index contributed by atoms with van der Waals surface area (Å²) in [5.74, 6) is 2.30. The normalized spacial score (nSPS) is 20.0. The molecule has 3 heterocycles. The number of morpholine rings is 1. The SMILES string of the molecule is CSc1ccc(CN2CCOC(COc3ccc4c(c3)OCO4)C2)s1. The second-order valence-electron chi connectivity index (χ2n) is 5.98. The van der Waals surface area contributed by atoms with Gasteiger partial charge in [-0.05, 0) is 30.5 Å². The highest BCUT2D eigenvalue weighted by molar-refractivity contribution is 8.00. The molecule has 0 radical (unpaired) electrons. The van der Waals surface area contributed by atoms with Gasteiger partial charge in [-0.1, -0.05) is 0 Å². The lowest BCUT2D eigenvalue weighted by Gasteiger charge is -2.32. The third-order valence-corrected chi connectivity index (χ3v) is 6.37. The Morgan fingerprint density at radius 2 is 2.16 bits per heavy atom. The molecule has 4 rings (SSSR count). The number of thiophene rings is 1. The van der Waals surface area contributed by atoms with Crippen LogP contribution in [0.5, 0.6) is 17.2 Å². The van der Waals surface area contributed by atoms with E-state index < -0.39 is 0 Å². The third-order valence-electron chi connectivity index (χ3n) is 4.22. The highest BCUT2D eigenvalue weighted by atomic mass is 32.2. The van der Waals surface area contributed by atoms with Crippen molar-refractivity contribution < 1.29 is 18.9 Å². The van der Waals surface area contributed by atoms with Gasteiger partial charge in [0.15, 0.2) is 11.5 Å². The molecule has 1 unspecified atom stereocenters. The van der Waals surface area contributed by atoms with Crippen molar-refractivity contribution in [3.63, 3.8) is 0 Å². The Morgan fingerprint density at radius 1 is 1.24 bits per heavy atom. The molecule has 134 valence electrons. The van der Waals surface area contributed by atoms with E-state index in [1.807, 2.05) is 29.5 Å². The van der Waals surface area contributed by atoms with E-state index in [0.29, 0.717) is 6.61 Å². The summed E-state index contributed by atoms with van der Waals surface area (Å²) >= 11 is 3.68. The van der Waals surface area contributed by atoms with Crippen LogP contribution in [0.25, 0.3) is 0 Å². The topological polar surface area (TPSA) is 40.2 Å². The van der Waals surface area contributed by atoms with Gasteiger partial charge in [0.05, 0.1) is 10.8 Å². The minimum absolute atomic E-state index is 0.0826. The zero-order valence-electron chi connectivity index (χ0n) is 14.1. The molecule has 1 fully saturated rings. The number of benzene rings is 1. The molecular weight excluding hydrogens is 358 g/mol. The molecule has 0 bridgehead atoms. The molecule has 0 amide bonds. The van der Waals surface area contributed by atoms with Gasteiger partial charge in [-0.15, -0.1) is 23.1 Å². The van der Waals surface area contributed by atoms with Crippen molar-refractivity contribution in [2.24, 2.45) is 0 Å². The van der Waals surface area contributed by atoms with Crippen molar-refractivity contribution in [3.05, 3.63) is 35.2 Å². The second-order valence-corrected chi connectivity index (χ2v) is 8.25. The van der Waals surface area contributed by atoms with Gasteiger partial charge in [0.1, 0.15) is 18.5 Å². The Morgan fingerprint density at radius 3 is 3.04 bits per heavy atom. The lowest BCUT2D eigenvalue weighted by atomic mass is 10.2. The van der Waals surface area contributed by atoms with Gasteiger partial charge in [-0.25, -0.2) is 0 Å². The third kappa shape index (κ3) is 4.23. The van der Waals surface area contributed by atoms with Crippen LogP contribution in [0.15, 0.2) is 34.5 Å². The highest BCUT2D eigenvalue weighted by Gasteiger charge is 2.22. The number of hydrogen-bond acceptors (Lipinski definition) is 7. The van der Waals surface area contributed by atoms with Gasteiger partial charge >= 0.3 is 0 Å². The molecule has 0 spiro atoms. The first-order chi connectivity index (χ1) is 12.3. The van der Waals surface area contributed by atoms with Crippen molar-refractivity contribution in [2.75, 3.05) is 39.4 Å². The van der Waals surface area contributed by atoms with Crippen molar-refractivity contribution >= 4 is 23.1 Å². The minimum Gasteiger partial charge on any atom is -0.491 e. The smallest absolute Gasteiger partial charge is 0.231 e. The summed E-state index contributed by atoms with van der Waals surface area (Å²) in [5.41, 5.74) is 0. The van der Waals surface area contributed by atoms with Crippen molar-refractivity contribution in [1.29, 1.82) is 0 Å². The first-order valence-corrected chi connectivity index (χ1v) is 10.3. The minimum atomic E-state index is 0.0826. The van der Waals surface area contributed by atoms with E-state index >= 15 is 0 Å². The molecule has 5 nitrogen and oxygen atoms in total. The van der Waals surface area contributed by atoms with Gasteiger partial charge < -0.3 is 18.9 Å². The van der Waals surface area contributed by atoms with Crippen LogP contribution in [0.1, 0.15) is 4.88 Å². The molecule has 2 aliphatic rings. The quantitative estimate of drug-likeness (QED) is 0.716. The summed E-state index contributed by atoms with van der Waals surface area (Å²) in [6.45, 7) is 4.40. The maximum Gasteiger partial charge on any atom is 0.231 e. The highest BCUT2D eigenvalue weighted by Crippen LogP contribution is 2.35. The molecule has 25 heavy (non-hydrogen) atoms. The van der Waals surface area contributed by atoms with Crippen LogP contribution in [0.4, 0.5) is 0 Å². The fourth-order valence-electron chi connectivity index (χ4n) is 2.95. The monoisotopic (exact) mass is 379 g/mol. The van der Waals surface area contributed by atoms with E-state index in [0.717, 1.165) is 43.5 Å². The Labute approximate surface area is 155 Å². The van der Waals surface area contributed by atoms with Crippen LogP contribution in [0, 0.1) is 0 Å². The van der Waals surface area contributed by atoms with Crippen molar-refractivity contribution in [3.8, 4) is 17.2 Å².